The Bertz CT molecular complexity index is 123. The minimum atomic E-state index is -1.64. The summed E-state index contributed by atoms with van der Waals surface area (Å²) in [5.74, 6) is 0. The number of unbranched alkanes of at least 4 members (excludes halogenated alkanes) is 8. The molecule has 15 heavy (non-hydrogen) atoms. The van der Waals surface area contributed by atoms with Crippen molar-refractivity contribution in [2.45, 2.75) is 64.7 Å². The van der Waals surface area contributed by atoms with Crippen LogP contribution in [0.3, 0.4) is 0 Å². The molecule has 0 saturated heterocycles. The first kappa shape index (κ1) is 15.3. The summed E-state index contributed by atoms with van der Waals surface area (Å²) in [4.78, 5) is 8.70. The largest absolute Gasteiger partial charge is 0.338 e. The van der Waals surface area contributed by atoms with Crippen LogP contribution in [-0.4, -0.2) is 11.5 Å². The van der Waals surface area contributed by atoms with Crippen molar-refractivity contribution in [3.8, 4) is 0 Å². The lowest BCUT2D eigenvalue weighted by Crippen LogP contribution is -1.95. The molecule has 0 aliphatic rings. The Hall–Kier alpha value is 0.310. The number of nitrogens with two attached hydrogens (primary N) is 1. The summed E-state index contributed by atoms with van der Waals surface area (Å²) in [7, 11) is -1.64. The molecule has 3 N–H and O–H groups in total. The van der Waals surface area contributed by atoms with Crippen molar-refractivity contribution < 1.29 is 9.42 Å². The van der Waals surface area contributed by atoms with Crippen LogP contribution in [0.2, 0.25) is 0 Å². The highest BCUT2D eigenvalue weighted by molar-refractivity contribution is 7.43. The highest BCUT2D eigenvalue weighted by Crippen LogP contribution is 2.20. The number of rotatable bonds is 11. The number of hydrogen-bond acceptors (Lipinski definition) is 3. The third kappa shape index (κ3) is 14.3. The molecule has 1 atom stereocenters. The van der Waals surface area contributed by atoms with Gasteiger partial charge in [-0.1, -0.05) is 58.3 Å². The first-order valence-electron chi connectivity index (χ1n) is 6.14. The average molecular weight is 235 g/mol. The van der Waals surface area contributed by atoms with Gasteiger partial charge in [-0.25, -0.2) is 0 Å². The van der Waals surface area contributed by atoms with Crippen molar-refractivity contribution in [3.63, 3.8) is 0 Å². The van der Waals surface area contributed by atoms with Crippen molar-refractivity contribution in [2.75, 3.05) is 6.61 Å². The summed E-state index contributed by atoms with van der Waals surface area (Å²) in [5, 5.41) is 0. The predicted molar refractivity (Wildman–Crippen MR) is 66.5 cm³/mol. The lowest BCUT2D eigenvalue weighted by molar-refractivity contribution is 0.298. The quantitative estimate of drug-likeness (QED) is 0.424. The fourth-order valence-corrected chi connectivity index (χ4v) is 1.89. The summed E-state index contributed by atoms with van der Waals surface area (Å²) in [6.45, 7) is 2.85. The van der Waals surface area contributed by atoms with E-state index in [1.807, 2.05) is 0 Å². The van der Waals surface area contributed by atoms with Gasteiger partial charge >= 0.3 is 0 Å². The molecule has 0 aliphatic heterocycles. The molecule has 0 heterocycles. The zero-order valence-electron chi connectivity index (χ0n) is 9.95. The van der Waals surface area contributed by atoms with E-state index in [1.54, 1.807) is 0 Å². The molecule has 0 amide bonds. The van der Waals surface area contributed by atoms with E-state index in [2.05, 4.69) is 6.92 Å². The maximum absolute atomic E-state index is 8.70. The monoisotopic (exact) mass is 235 g/mol. The molecule has 1 unspecified atom stereocenters. The summed E-state index contributed by atoms with van der Waals surface area (Å²) in [5.41, 5.74) is 5.10. The number of hydrogen-bond donors (Lipinski definition) is 2. The van der Waals surface area contributed by atoms with Crippen LogP contribution in [-0.2, 0) is 4.52 Å². The maximum Gasteiger partial charge on any atom is 0.250 e. The van der Waals surface area contributed by atoms with Gasteiger partial charge in [0.05, 0.1) is 6.61 Å². The Labute approximate surface area is 95.4 Å². The smallest absolute Gasteiger partial charge is 0.250 e. The molecular weight excluding hydrogens is 209 g/mol. The zero-order valence-corrected chi connectivity index (χ0v) is 10.8. The molecule has 0 saturated carbocycles. The Morgan fingerprint density at radius 1 is 0.933 bits per heavy atom. The standard InChI is InChI=1S/C11H26NO2P/c1-2-3-4-5-6-7-8-9-10-11-14-15(12)13/h13H,2-12H2,1H3. The Morgan fingerprint density at radius 2 is 1.40 bits per heavy atom. The molecule has 0 aromatic heterocycles. The molecule has 92 valence electrons. The highest BCUT2D eigenvalue weighted by Gasteiger charge is 1.96. The van der Waals surface area contributed by atoms with Crippen molar-refractivity contribution in [1.82, 2.24) is 0 Å². The summed E-state index contributed by atoms with van der Waals surface area (Å²) in [6, 6.07) is 0. The molecule has 0 spiro atoms. The van der Waals surface area contributed by atoms with Crippen LogP contribution in [0.5, 0.6) is 0 Å². The second-order valence-corrected chi connectivity index (χ2v) is 4.83. The van der Waals surface area contributed by atoms with Crippen molar-refractivity contribution in [1.29, 1.82) is 0 Å². The predicted octanol–water partition coefficient (Wildman–Crippen LogP) is 3.71. The molecule has 0 fully saturated rings. The van der Waals surface area contributed by atoms with Crippen molar-refractivity contribution >= 4 is 8.53 Å². The lowest BCUT2D eigenvalue weighted by Gasteiger charge is -2.04. The zero-order chi connectivity index (χ0) is 11.4. The van der Waals surface area contributed by atoms with Gasteiger partial charge in [0.1, 0.15) is 0 Å². The molecule has 0 radical (unpaired) electrons. The molecule has 4 heteroatoms. The van der Waals surface area contributed by atoms with E-state index in [9.17, 15) is 0 Å². The van der Waals surface area contributed by atoms with E-state index in [4.69, 9.17) is 14.9 Å². The minimum Gasteiger partial charge on any atom is -0.338 e. The highest BCUT2D eigenvalue weighted by atomic mass is 31.2. The van der Waals surface area contributed by atoms with Crippen LogP contribution in [0.25, 0.3) is 0 Å². The van der Waals surface area contributed by atoms with Gasteiger partial charge in [0.15, 0.2) is 0 Å². The SMILES string of the molecule is CCCCCCCCCCCOP(N)O. The maximum atomic E-state index is 8.70. The molecule has 0 aromatic carbocycles. The Kier molecular flexibility index (Phi) is 12.6. The normalized spacial score (nSPS) is 13.0. The Balaban J connectivity index is 2.87. The molecule has 0 aliphatic carbocycles. The van der Waals surface area contributed by atoms with Crippen LogP contribution in [0.1, 0.15) is 64.7 Å². The lowest BCUT2D eigenvalue weighted by atomic mass is 10.1. The molecule has 0 rings (SSSR count). The van der Waals surface area contributed by atoms with Gasteiger partial charge in [0.2, 0.25) is 8.53 Å². The van der Waals surface area contributed by atoms with Crippen LogP contribution < -0.4 is 5.50 Å². The van der Waals surface area contributed by atoms with E-state index < -0.39 is 8.53 Å². The summed E-state index contributed by atoms with van der Waals surface area (Å²) >= 11 is 0. The van der Waals surface area contributed by atoms with Gasteiger partial charge in [-0.3, -0.25) is 5.50 Å². The third-order valence-corrected chi connectivity index (χ3v) is 2.92. The van der Waals surface area contributed by atoms with Crippen molar-refractivity contribution in [2.24, 2.45) is 5.50 Å². The molecule has 3 nitrogen and oxygen atoms in total. The summed E-state index contributed by atoms with van der Waals surface area (Å²) < 4.78 is 4.90. The fourth-order valence-electron chi connectivity index (χ4n) is 1.57. The van der Waals surface area contributed by atoms with Gasteiger partial charge in [-0.15, -0.1) is 0 Å². The minimum absolute atomic E-state index is 0.606. The van der Waals surface area contributed by atoms with E-state index in [0.29, 0.717) is 6.61 Å². The first-order valence-corrected chi connectivity index (χ1v) is 7.42. The second-order valence-electron chi connectivity index (χ2n) is 3.96. The third-order valence-electron chi connectivity index (χ3n) is 2.47. The van der Waals surface area contributed by atoms with E-state index >= 15 is 0 Å². The summed E-state index contributed by atoms with van der Waals surface area (Å²) in [6.07, 6.45) is 11.7. The molecular formula is C11H26NO2P. The van der Waals surface area contributed by atoms with Crippen molar-refractivity contribution in [3.05, 3.63) is 0 Å². The molecule has 0 bridgehead atoms. The van der Waals surface area contributed by atoms with Gasteiger partial charge in [0.25, 0.3) is 0 Å². The topological polar surface area (TPSA) is 55.5 Å². The van der Waals surface area contributed by atoms with Gasteiger partial charge in [-0.2, -0.15) is 0 Å². The van der Waals surface area contributed by atoms with Crippen LogP contribution >= 0.6 is 8.53 Å². The first-order chi connectivity index (χ1) is 7.27. The van der Waals surface area contributed by atoms with Gasteiger partial charge in [-0.05, 0) is 6.42 Å². The van der Waals surface area contributed by atoms with Gasteiger partial charge < -0.3 is 9.42 Å². The van der Waals surface area contributed by atoms with E-state index in [-0.39, 0.29) is 0 Å². The fraction of sp³-hybridized carbons (Fsp3) is 1.00. The Morgan fingerprint density at radius 3 is 1.87 bits per heavy atom. The second kappa shape index (κ2) is 12.4. The van der Waals surface area contributed by atoms with Gasteiger partial charge in [0, 0.05) is 0 Å². The molecule has 0 aromatic rings. The average Bonchev–Trinajstić information content (AvgIpc) is 2.20. The van der Waals surface area contributed by atoms with Crippen LogP contribution in [0, 0.1) is 0 Å². The van der Waals surface area contributed by atoms with E-state index in [0.717, 1.165) is 6.42 Å². The van der Waals surface area contributed by atoms with Crippen LogP contribution in [0.4, 0.5) is 0 Å². The van der Waals surface area contributed by atoms with E-state index in [1.165, 1.54) is 51.4 Å². The van der Waals surface area contributed by atoms with Crippen LogP contribution in [0.15, 0.2) is 0 Å².